The molecule has 176 valence electrons. The first-order valence-corrected chi connectivity index (χ1v) is 10.5. The molecule has 9 nitrogen and oxygen atoms in total. The molecule has 1 aromatic heterocycles. The van der Waals surface area contributed by atoms with Crippen LogP contribution in [0, 0.1) is 6.92 Å². The summed E-state index contributed by atoms with van der Waals surface area (Å²) in [6, 6.07) is 13.7. The molecule has 10 heteroatoms. The Bertz CT molecular complexity index is 1070. The van der Waals surface area contributed by atoms with E-state index in [1.165, 1.54) is 0 Å². The van der Waals surface area contributed by atoms with Gasteiger partial charge in [-0.2, -0.15) is 4.98 Å². The molecule has 2 aromatic carbocycles. The molecule has 33 heavy (non-hydrogen) atoms. The number of nitrogens with one attached hydrogen (secondary N) is 2. The summed E-state index contributed by atoms with van der Waals surface area (Å²) in [5, 5.41) is 10.5. The van der Waals surface area contributed by atoms with Gasteiger partial charge in [0.25, 0.3) is 0 Å². The first-order valence-electron chi connectivity index (χ1n) is 10.5. The fourth-order valence-corrected chi connectivity index (χ4v) is 3.14. The molecular formula is C23H28IN5O4. The minimum absolute atomic E-state index is 0. The minimum Gasteiger partial charge on any atom is -0.491 e. The Labute approximate surface area is 209 Å². The van der Waals surface area contributed by atoms with Crippen molar-refractivity contribution in [3.8, 4) is 17.2 Å². The van der Waals surface area contributed by atoms with Crippen LogP contribution in [0.25, 0.3) is 0 Å². The number of ether oxygens (including phenoxy) is 3. The number of aliphatic imine (C=N–C) groups is 1. The molecule has 1 aliphatic heterocycles. The standard InChI is InChI=1S/C23H27N5O4.HI/c1-15(2)31-19-7-5-18(6-8-19)27-23(25-13-22-26-16(3)28-32-22)24-11-10-17-4-9-20-21(12-17)30-14-29-20;/h4-9,12,15H,10-11,13-14H2,1-3H3,(H2,24,25,27);1H. The second-order valence-electron chi connectivity index (χ2n) is 7.58. The third kappa shape index (κ3) is 7.24. The number of guanidine groups is 1. The molecule has 0 saturated heterocycles. The average Bonchev–Trinajstić information content (AvgIpc) is 3.41. The van der Waals surface area contributed by atoms with E-state index < -0.39 is 0 Å². The van der Waals surface area contributed by atoms with Gasteiger partial charge >= 0.3 is 0 Å². The van der Waals surface area contributed by atoms with E-state index in [0.29, 0.717) is 24.2 Å². The highest BCUT2D eigenvalue weighted by Crippen LogP contribution is 2.32. The molecule has 0 atom stereocenters. The number of anilines is 1. The van der Waals surface area contributed by atoms with Gasteiger partial charge in [-0.05, 0) is 69.2 Å². The summed E-state index contributed by atoms with van der Waals surface area (Å²) in [5.41, 5.74) is 2.03. The van der Waals surface area contributed by atoms with Crippen LogP contribution in [0.15, 0.2) is 52.0 Å². The number of hydrogen-bond donors (Lipinski definition) is 2. The van der Waals surface area contributed by atoms with Crippen LogP contribution in [0.5, 0.6) is 17.2 Å². The number of halogens is 1. The normalized spacial score (nSPS) is 12.4. The number of rotatable bonds is 8. The second kappa shape index (κ2) is 11.7. The topological polar surface area (TPSA) is 103 Å². The van der Waals surface area contributed by atoms with E-state index in [1.54, 1.807) is 6.92 Å². The molecule has 4 rings (SSSR count). The lowest BCUT2D eigenvalue weighted by Crippen LogP contribution is -2.32. The maximum atomic E-state index is 5.71. The molecule has 0 aliphatic carbocycles. The highest BCUT2D eigenvalue weighted by Gasteiger charge is 2.13. The van der Waals surface area contributed by atoms with E-state index in [-0.39, 0.29) is 43.4 Å². The van der Waals surface area contributed by atoms with Crippen LogP contribution in [0.3, 0.4) is 0 Å². The highest BCUT2D eigenvalue weighted by molar-refractivity contribution is 14.0. The van der Waals surface area contributed by atoms with Gasteiger partial charge < -0.3 is 29.4 Å². The quantitative estimate of drug-likeness (QED) is 0.237. The van der Waals surface area contributed by atoms with Crippen LogP contribution in [0.1, 0.15) is 31.1 Å². The zero-order valence-electron chi connectivity index (χ0n) is 18.8. The van der Waals surface area contributed by atoms with E-state index in [2.05, 4.69) is 25.8 Å². The van der Waals surface area contributed by atoms with Crippen molar-refractivity contribution < 1.29 is 18.7 Å². The molecule has 3 aromatic rings. The lowest BCUT2D eigenvalue weighted by atomic mass is 10.1. The molecular weight excluding hydrogens is 537 g/mol. The second-order valence-corrected chi connectivity index (χ2v) is 7.58. The van der Waals surface area contributed by atoms with Gasteiger partial charge in [-0.1, -0.05) is 11.2 Å². The molecule has 2 heterocycles. The summed E-state index contributed by atoms with van der Waals surface area (Å²) < 4.78 is 21.7. The van der Waals surface area contributed by atoms with Gasteiger partial charge in [0, 0.05) is 12.2 Å². The van der Waals surface area contributed by atoms with Crippen molar-refractivity contribution >= 4 is 35.6 Å². The fraction of sp³-hybridized carbons (Fsp3) is 0.348. The van der Waals surface area contributed by atoms with Crippen molar-refractivity contribution in [3.05, 3.63) is 59.7 Å². The van der Waals surface area contributed by atoms with Gasteiger partial charge in [-0.3, -0.25) is 0 Å². The summed E-state index contributed by atoms with van der Waals surface area (Å²) in [6.45, 7) is 6.99. The van der Waals surface area contributed by atoms with Crippen LogP contribution >= 0.6 is 24.0 Å². The molecule has 0 saturated carbocycles. The van der Waals surface area contributed by atoms with Crippen molar-refractivity contribution in [1.29, 1.82) is 0 Å². The van der Waals surface area contributed by atoms with E-state index in [9.17, 15) is 0 Å². The van der Waals surface area contributed by atoms with Crippen molar-refractivity contribution in [1.82, 2.24) is 15.5 Å². The average molecular weight is 565 g/mol. The first-order chi connectivity index (χ1) is 15.5. The van der Waals surface area contributed by atoms with E-state index in [1.807, 2.05) is 56.3 Å². The Hall–Kier alpha value is -3.02. The highest BCUT2D eigenvalue weighted by atomic mass is 127. The Morgan fingerprint density at radius 2 is 1.91 bits per heavy atom. The monoisotopic (exact) mass is 565 g/mol. The SMILES string of the molecule is Cc1noc(CN=C(NCCc2ccc3c(c2)OCO3)Nc2ccc(OC(C)C)cc2)n1.I. The Morgan fingerprint density at radius 1 is 1.12 bits per heavy atom. The maximum Gasteiger partial charge on any atom is 0.248 e. The predicted molar refractivity (Wildman–Crippen MR) is 136 cm³/mol. The molecule has 0 bridgehead atoms. The predicted octanol–water partition coefficient (Wildman–Crippen LogP) is 4.31. The number of nitrogens with zero attached hydrogens (tertiary/aromatic N) is 3. The zero-order chi connectivity index (χ0) is 22.3. The van der Waals surface area contributed by atoms with Gasteiger partial charge in [-0.15, -0.1) is 24.0 Å². The van der Waals surface area contributed by atoms with Crippen LogP contribution < -0.4 is 24.8 Å². The van der Waals surface area contributed by atoms with Gasteiger partial charge in [0.1, 0.15) is 12.3 Å². The Balaban J connectivity index is 0.00000306. The molecule has 0 radical (unpaired) electrons. The van der Waals surface area contributed by atoms with Crippen molar-refractivity contribution in [2.75, 3.05) is 18.7 Å². The summed E-state index contributed by atoms with van der Waals surface area (Å²) in [7, 11) is 0. The minimum atomic E-state index is 0. The molecule has 0 spiro atoms. The number of aryl methyl sites for hydroxylation is 1. The summed E-state index contributed by atoms with van der Waals surface area (Å²) in [4.78, 5) is 8.79. The van der Waals surface area contributed by atoms with Gasteiger partial charge in [-0.25, -0.2) is 4.99 Å². The summed E-state index contributed by atoms with van der Waals surface area (Å²) in [6.07, 6.45) is 0.916. The lowest BCUT2D eigenvalue weighted by Gasteiger charge is -2.14. The smallest absolute Gasteiger partial charge is 0.248 e. The van der Waals surface area contributed by atoms with Crippen molar-refractivity contribution in [2.24, 2.45) is 4.99 Å². The zero-order valence-corrected chi connectivity index (χ0v) is 21.2. The van der Waals surface area contributed by atoms with Crippen molar-refractivity contribution in [2.45, 2.75) is 39.8 Å². The molecule has 0 amide bonds. The van der Waals surface area contributed by atoms with Gasteiger partial charge in [0.05, 0.1) is 6.10 Å². The van der Waals surface area contributed by atoms with E-state index in [0.717, 1.165) is 34.9 Å². The molecule has 0 unspecified atom stereocenters. The Kier molecular flexibility index (Phi) is 8.75. The van der Waals surface area contributed by atoms with Crippen LogP contribution in [0.2, 0.25) is 0 Å². The largest absolute Gasteiger partial charge is 0.491 e. The number of benzene rings is 2. The van der Waals surface area contributed by atoms with Crippen LogP contribution in [-0.4, -0.2) is 35.5 Å². The Morgan fingerprint density at radius 3 is 2.64 bits per heavy atom. The third-order valence-electron chi connectivity index (χ3n) is 4.57. The first kappa shape index (κ1) is 24.6. The van der Waals surface area contributed by atoms with Crippen LogP contribution in [0.4, 0.5) is 5.69 Å². The molecule has 1 aliphatic rings. The third-order valence-corrected chi connectivity index (χ3v) is 4.57. The number of aromatic nitrogens is 2. The van der Waals surface area contributed by atoms with Crippen molar-refractivity contribution in [3.63, 3.8) is 0 Å². The van der Waals surface area contributed by atoms with E-state index in [4.69, 9.17) is 18.7 Å². The van der Waals surface area contributed by atoms with E-state index >= 15 is 0 Å². The molecule has 2 N–H and O–H groups in total. The summed E-state index contributed by atoms with van der Waals surface area (Å²) in [5.74, 6) is 4.04. The fourth-order valence-electron chi connectivity index (χ4n) is 3.14. The number of fused-ring (bicyclic) bond motifs is 1. The molecule has 0 fully saturated rings. The lowest BCUT2D eigenvalue weighted by molar-refractivity contribution is 0.174. The van der Waals surface area contributed by atoms with Gasteiger partial charge in [0.2, 0.25) is 12.7 Å². The summed E-state index contributed by atoms with van der Waals surface area (Å²) >= 11 is 0. The number of hydrogen-bond acceptors (Lipinski definition) is 7. The van der Waals surface area contributed by atoms with Gasteiger partial charge in [0.15, 0.2) is 23.3 Å². The maximum absolute atomic E-state index is 5.71. The van der Waals surface area contributed by atoms with Crippen LogP contribution in [-0.2, 0) is 13.0 Å².